The van der Waals surface area contributed by atoms with Crippen molar-refractivity contribution in [2.24, 2.45) is 0 Å². The van der Waals surface area contributed by atoms with E-state index in [1.54, 1.807) is 24.3 Å². The van der Waals surface area contributed by atoms with E-state index < -0.39 is 6.10 Å². The lowest BCUT2D eigenvalue weighted by atomic mass is 10.0. The average Bonchev–Trinajstić information content (AvgIpc) is 2.71. The van der Waals surface area contributed by atoms with Crippen LogP contribution in [0.25, 0.3) is 10.8 Å². The van der Waals surface area contributed by atoms with Gasteiger partial charge in [-0.05, 0) is 47.5 Å². The van der Waals surface area contributed by atoms with Gasteiger partial charge in [-0.3, -0.25) is 4.79 Å². The van der Waals surface area contributed by atoms with Gasteiger partial charge in [0.05, 0.1) is 12.7 Å². The SMILES string of the molecule is CCOc1ccc(OCC(=O)NCC(O)c2cccc3ccccc23)cc1. The second-order valence-corrected chi connectivity index (χ2v) is 6.08. The van der Waals surface area contributed by atoms with Crippen LogP contribution < -0.4 is 14.8 Å². The Hall–Kier alpha value is -3.05. The quantitative estimate of drug-likeness (QED) is 0.641. The van der Waals surface area contributed by atoms with E-state index in [2.05, 4.69) is 5.32 Å². The van der Waals surface area contributed by atoms with E-state index in [0.717, 1.165) is 22.1 Å². The van der Waals surface area contributed by atoms with Gasteiger partial charge in [0, 0.05) is 6.54 Å². The van der Waals surface area contributed by atoms with Crippen LogP contribution in [-0.4, -0.2) is 30.8 Å². The first-order chi connectivity index (χ1) is 13.2. The van der Waals surface area contributed by atoms with Gasteiger partial charge in [-0.1, -0.05) is 42.5 Å². The molecular weight excluding hydrogens is 342 g/mol. The minimum Gasteiger partial charge on any atom is -0.494 e. The maximum absolute atomic E-state index is 12.0. The van der Waals surface area contributed by atoms with Gasteiger partial charge < -0.3 is 19.9 Å². The molecule has 1 amide bonds. The summed E-state index contributed by atoms with van der Waals surface area (Å²) >= 11 is 0. The number of hydrogen-bond acceptors (Lipinski definition) is 4. The Balaban J connectivity index is 1.51. The number of carbonyl (C=O) groups excluding carboxylic acids is 1. The van der Waals surface area contributed by atoms with Gasteiger partial charge in [0.25, 0.3) is 5.91 Å². The van der Waals surface area contributed by atoms with Crippen LogP contribution in [0, 0.1) is 0 Å². The number of benzene rings is 3. The first kappa shape index (κ1) is 18.7. The lowest BCUT2D eigenvalue weighted by Gasteiger charge is -2.15. The molecule has 3 rings (SSSR count). The molecule has 140 valence electrons. The fourth-order valence-corrected chi connectivity index (χ4v) is 2.86. The first-order valence-electron chi connectivity index (χ1n) is 8.95. The molecule has 0 aliphatic heterocycles. The highest BCUT2D eigenvalue weighted by molar-refractivity contribution is 5.86. The number of ether oxygens (including phenoxy) is 2. The Kier molecular flexibility index (Phi) is 6.28. The zero-order valence-electron chi connectivity index (χ0n) is 15.2. The van der Waals surface area contributed by atoms with Crippen LogP contribution in [0.2, 0.25) is 0 Å². The Morgan fingerprint density at radius 3 is 2.37 bits per heavy atom. The molecule has 0 aliphatic rings. The minimum absolute atomic E-state index is 0.115. The largest absolute Gasteiger partial charge is 0.494 e. The normalized spacial score (nSPS) is 11.8. The van der Waals surface area contributed by atoms with E-state index >= 15 is 0 Å². The number of hydrogen-bond donors (Lipinski definition) is 2. The molecule has 5 nitrogen and oxygen atoms in total. The Morgan fingerprint density at radius 2 is 1.63 bits per heavy atom. The molecule has 1 unspecified atom stereocenters. The van der Waals surface area contributed by atoms with Crippen LogP contribution in [0.3, 0.4) is 0 Å². The Bertz CT molecular complexity index is 887. The molecule has 1 atom stereocenters. The molecule has 3 aromatic rings. The van der Waals surface area contributed by atoms with E-state index in [9.17, 15) is 9.90 Å². The summed E-state index contributed by atoms with van der Waals surface area (Å²) in [6.07, 6.45) is -0.787. The van der Waals surface area contributed by atoms with Crippen molar-refractivity contribution in [1.29, 1.82) is 0 Å². The van der Waals surface area contributed by atoms with Crippen molar-refractivity contribution in [3.8, 4) is 11.5 Å². The van der Waals surface area contributed by atoms with Crippen LogP contribution >= 0.6 is 0 Å². The van der Waals surface area contributed by atoms with Crippen LogP contribution in [0.15, 0.2) is 66.7 Å². The number of amides is 1. The van der Waals surface area contributed by atoms with Gasteiger partial charge in [-0.25, -0.2) is 0 Å². The van der Waals surface area contributed by atoms with Gasteiger partial charge in [0.2, 0.25) is 0 Å². The highest BCUT2D eigenvalue weighted by Crippen LogP contribution is 2.23. The van der Waals surface area contributed by atoms with Crippen molar-refractivity contribution in [1.82, 2.24) is 5.32 Å². The first-order valence-corrected chi connectivity index (χ1v) is 8.95. The third kappa shape index (κ3) is 4.99. The molecule has 0 aliphatic carbocycles. The molecule has 3 aromatic carbocycles. The van der Waals surface area contributed by atoms with E-state index in [0.29, 0.717) is 12.4 Å². The smallest absolute Gasteiger partial charge is 0.258 e. The number of carbonyl (C=O) groups is 1. The van der Waals surface area contributed by atoms with Gasteiger partial charge in [0.15, 0.2) is 6.61 Å². The minimum atomic E-state index is -0.787. The molecule has 0 saturated carbocycles. The summed E-state index contributed by atoms with van der Waals surface area (Å²) < 4.78 is 10.8. The summed E-state index contributed by atoms with van der Waals surface area (Å²) in [5.41, 5.74) is 0.792. The standard InChI is InChI=1S/C22H23NO4/c1-2-26-17-10-12-18(13-11-17)27-15-22(25)23-14-21(24)20-9-5-7-16-6-3-4-8-19(16)20/h3-13,21,24H,2,14-15H2,1H3,(H,23,25). The highest BCUT2D eigenvalue weighted by atomic mass is 16.5. The molecule has 2 N–H and O–H groups in total. The predicted octanol–water partition coefficient (Wildman–Crippen LogP) is 3.47. The van der Waals surface area contributed by atoms with Crippen molar-refractivity contribution >= 4 is 16.7 Å². The van der Waals surface area contributed by atoms with E-state index in [1.165, 1.54) is 0 Å². The summed E-state index contributed by atoms with van der Waals surface area (Å²) in [5, 5.41) is 15.2. The molecule has 5 heteroatoms. The number of aliphatic hydroxyl groups excluding tert-OH is 1. The molecule has 0 fully saturated rings. The maximum Gasteiger partial charge on any atom is 0.258 e. The van der Waals surface area contributed by atoms with Crippen LogP contribution in [-0.2, 0) is 4.79 Å². The zero-order chi connectivity index (χ0) is 19.1. The second kappa shape index (κ2) is 9.05. The van der Waals surface area contributed by atoms with Crippen molar-refractivity contribution in [2.75, 3.05) is 19.8 Å². The summed E-state index contributed by atoms with van der Waals surface area (Å²) in [6.45, 7) is 2.53. The monoisotopic (exact) mass is 365 g/mol. The summed E-state index contributed by atoms with van der Waals surface area (Å²) in [7, 11) is 0. The van der Waals surface area contributed by atoms with Gasteiger partial charge in [0.1, 0.15) is 11.5 Å². The van der Waals surface area contributed by atoms with Crippen molar-refractivity contribution < 1.29 is 19.4 Å². The molecule has 27 heavy (non-hydrogen) atoms. The molecule has 0 heterocycles. The average molecular weight is 365 g/mol. The molecular formula is C22H23NO4. The Morgan fingerprint density at radius 1 is 0.963 bits per heavy atom. The second-order valence-electron chi connectivity index (χ2n) is 6.08. The van der Waals surface area contributed by atoms with Crippen molar-refractivity contribution in [3.05, 3.63) is 72.3 Å². The summed E-state index contributed by atoms with van der Waals surface area (Å²) in [6, 6.07) is 20.7. The van der Waals surface area contributed by atoms with Gasteiger partial charge >= 0.3 is 0 Å². The van der Waals surface area contributed by atoms with Crippen LogP contribution in [0.1, 0.15) is 18.6 Å². The Labute approximate surface area is 158 Å². The number of nitrogens with one attached hydrogen (secondary N) is 1. The fourth-order valence-electron chi connectivity index (χ4n) is 2.86. The third-order valence-electron chi connectivity index (χ3n) is 4.18. The van der Waals surface area contributed by atoms with Crippen LogP contribution in [0.4, 0.5) is 0 Å². The molecule has 0 bridgehead atoms. The lowest BCUT2D eigenvalue weighted by molar-refractivity contribution is -0.123. The van der Waals surface area contributed by atoms with Gasteiger partial charge in [-0.15, -0.1) is 0 Å². The third-order valence-corrected chi connectivity index (χ3v) is 4.18. The number of aliphatic hydroxyl groups is 1. The highest BCUT2D eigenvalue weighted by Gasteiger charge is 2.12. The van der Waals surface area contributed by atoms with Crippen molar-refractivity contribution in [3.63, 3.8) is 0 Å². The van der Waals surface area contributed by atoms with E-state index in [4.69, 9.17) is 9.47 Å². The summed E-state index contributed by atoms with van der Waals surface area (Å²) in [5.74, 6) is 1.05. The van der Waals surface area contributed by atoms with E-state index in [1.807, 2.05) is 49.4 Å². The predicted molar refractivity (Wildman–Crippen MR) is 105 cm³/mol. The molecule has 0 saturated heterocycles. The van der Waals surface area contributed by atoms with Crippen LogP contribution in [0.5, 0.6) is 11.5 Å². The van der Waals surface area contributed by atoms with Crippen molar-refractivity contribution in [2.45, 2.75) is 13.0 Å². The molecule has 0 aromatic heterocycles. The topological polar surface area (TPSA) is 67.8 Å². The number of rotatable bonds is 8. The lowest BCUT2D eigenvalue weighted by Crippen LogP contribution is -2.32. The maximum atomic E-state index is 12.0. The summed E-state index contributed by atoms with van der Waals surface area (Å²) in [4.78, 5) is 12.0. The molecule has 0 radical (unpaired) electrons. The zero-order valence-corrected chi connectivity index (χ0v) is 15.2. The molecule has 0 spiro atoms. The van der Waals surface area contributed by atoms with Gasteiger partial charge in [-0.2, -0.15) is 0 Å². The van der Waals surface area contributed by atoms with E-state index in [-0.39, 0.29) is 19.1 Å². The number of fused-ring (bicyclic) bond motifs is 1. The fraction of sp³-hybridized carbons (Fsp3) is 0.227.